The molecule has 0 bridgehead atoms. The van der Waals surface area contributed by atoms with Gasteiger partial charge in [0.1, 0.15) is 6.61 Å². The molecule has 1 N–H and O–H groups in total. The molecule has 0 saturated carbocycles. The summed E-state index contributed by atoms with van der Waals surface area (Å²) in [4.78, 5) is 17.9. The van der Waals surface area contributed by atoms with E-state index in [-0.39, 0.29) is 12.8 Å². The predicted octanol–water partition coefficient (Wildman–Crippen LogP) is 4.16. The lowest BCUT2D eigenvalue weighted by Gasteiger charge is -2.30. The van der Waals surface area contributed by atoms with E-state index in [1.54, 1.807) is 30.3 Å². The van der Waals surface area contributed by atoms with E-state index in [0.717, 1.165) is 6.54 Å². The van der Waals surface area contributed by atoms with Gasteiger partial charge in [-0.3, -0.25) is 0 Å². The van der Waals surface area contributed by atoms with Crippen molar-refractivity contribution in [3.63, 3.8) is 0 Å². The molecule has 2 atom stereocenters. The fraction of sp³-hybridized carbons (Fsp3) is 0.240. The van der Waals surface area contributed by atoms with Gasteiger partial charge in [-0.15, -0.1) is 11.3 Å². The molecule has 2 heterocycles. The van der Waals surface area contributed by atoms with Crippen molar-refractivity contribution in [2.75, 3.05) is 13.2 Å². The summed E-state index contributed by atoms with van der Waals surface area (Å²) in [6.07, 6.45) is 4.24. The van der Waals surface area contributed by atoms with Crippen LogP contribution in [0.1, 0.15) is 22.9 Å². The van der Waals surface area contributed by atoms with Crippen LogP contribution < -0.4 is 0 Å². The smallest absolute Gasteiger partial charge is 0.348 e. The average molecular weight is 435 g/mol. The molecule has 4 rings (SSSR count). The number of carbonyl (C=O) groups excluding carboxylic acids is 1. The molecule has 1 aliphatic rings. The van der Waals surface area contributed by atoms with E-state index < -0.39 is 11.6 Å². The van der Waals surface area contributed by atoms with Crippen molar-refractivity contribution in [2.45, 2.75) is 25.2 Å². The van der Waals surface area contributed by atoms with E-state index in [4.69, 9.17) is 4.74 Å². The molecule has 5 nitrogen and oxygen atoms in total. The number of thiophene rings is 1. The Bertz CT molecular complexity index is 1010. The third-order valence-electron chi connectivity index (χ3n) is 5.56. The largest absolute Gasteiger partial charge is 0.461 e. The summed E-state index contributed by atoms with van der Waals surface area (Å²) in [6.45, 7) is 3.68. The van der Waals surface area contributed by atoms with Gasteiger partial charge in [0.2, 0.25) is 5.60 Å². The van der Waals surface area contributed by atoms with Gasteiger partial charge in [-0.05, 0) is 23.9 Å². The Hall–Kier alpha value is -3.09. The molecule has 0 aliphatic carbocycles. The predicted molar refractivity (Wildman–Crippen MR) is 122 cm³/mol. The van der Waals surface area contributed by atoms with Crippen molar-refractivity contribution in [2.24, 2.45) is 0 Å². The molecule has 31 heavy (non-hydrogen) atoms. The van der Waals surface area contributed by atoms with Gasteiger partial charge in [0, 0.05) is 24.5 Å². The SMILES string of the molecule is CC1N(CCOC(=O)C(O)(c2ccccc2)c2cccs2)C=CN1Cc1ccccc1. The van der Waals surface area contributed by atoms with Crippen molar-refractivity contribution in [3.8, 4) is 0 Å². The summed E-state index contributed by atoms with van der Waals surface area (Å²) in [6, 6.07) is 22.8. The summed E-state index contributed by atoms with van der Waals surface area (Å²) in [7, 11) is 0. The van der Waals surface area contributed by atoms with Crippen LogP contribution in [0, 0.1) is 0 Å². The maximum atomic E-state index is 13.0. The van der Waals surface area contributed by atoms with E-state index in [2.05, 4.69) is 35.1 Å². The third kappa shape index (κ3) is 4.50. The zero-order valence-corrected chi connectivity index (χ0v) is 18.2. The maximum absolute atomic E-state index is 13.0. The van der Waals surface area contributed by atoms with Gasteiger partial charge >= 0.3 is 5.97 Å². The van der Waals surface area contributed by atoms with Gasteiger partial charge in [-0.1, -0.05) is 66.7 Å². The summed E-state index contributed by atoms with van der Waals surface area (Å²) in [5.74, 6) is -0.655. The highest BCUT2D eigenvalue weighted by Crippen LogP contribution is 2.34. The Morgan fingerprint density at radius 2 is 1.68 bits per heavy atom. The highest BCUT2D eigenvalue weighted by Gasteiger charge is 2.42. The molecule has 0 spiro atoms. The average Bonchev–Trinajstić information content (AvgIpc) is 3.46. The Balaban J connectivity index is 1.37. The topological polar surface area (TPSA) is 53.0 Å². The van der Waals surface area contributed by atoms with Crippen LogP contribution >= 0.6 is 11.3 Å². The van der Waals surface area contributed by atoms with Gasteiger partial charge < -0.3 is 19.6 Å². The second-order valence-electron chi connectivity index (χ2n) is 7.52. The second kappa shape index (κ2) is 9.37. The van der Waals surface area contributed by atoms with Crippen LogP contribution in [-0.2, 0) is 21.7 Å². The van der Waals surface area contributed by atoms with E-state index in [0.29, 0.717) is 17.0 Å². The monoisotopic (exact) mass is 434 g/mol. The highest BCUT2D eigenvalue weighted by atomic mass is 32.1. The Morgan fingerprint density at radius 1 is 1.00 bits per heavy atom. The highest BCUT2D eigenvalue weighted by molar-refractivity contribution is 7.10. The molecule has 1 aromatic heterocycles. The fourth-order valence-corrected chi connectivity index (χ4v) is 4.56. The summed E-state index contributed by atoms with van der Waals surface area (Å²) < 4.78 is 5.57. The molecule has 0 amide bonds. The first-order valence-corrected chi connectivity index (χ1v) is 11.2. The second-order valence-corrected chi connectivity index (χ2v) is 8.46. The van der Waals surface area contributed by atoms with E-state index in [1.807, 2.05) is 41.9 Å². The minimum absolute atomic E-state index is 0.157. The van der Waals surface area contributed by atoms with Gasteiger partial charge in [0.25, 0.3) is 0 Å². The fourth-order valence-electron chi connectivity index (χ4n) is 3.72. The number of ether oxygens (including phenoxy) is 1. The van der Waals surface area contributed by atoms with Crippen LogP contribution in [0.2, 0.25) is 0 Å². The normalized spacial score (nSPS) is 17.5. The molecule has 160 valence electrons. The summed E-state index contributed by atoms with van der Waals surface area (Å²) in [5.41, 5.74) is -0.0524. The Kier molecular flexibility index (Phi) is 6.39. The van der Waals surface area contributed by atoms with E-state index >= 15 is 0 Å². The van der Waals surface area contributed by atoms with E-state index in [1.165, 1.54) is 16.9 Å². The van der Waals surface area contributed by atoms with Crippen molar-refractivity contribution in [3.05, 3.63) is 107 Å². The molecule has 1 aliphatic heterocycles. The van der Waals surface area contributed by atoms with Crippen LogP contribution in [0.4, 0.5) is 0 Å². The molecular formula is C25H26N2O3S. The van der Waals surface area contributed by atoms with Crippen LogP contribution in [0.3, 0.4) is 0 Å². The first-order valence-electron chi connectivity index (χ1n) is 10.3. The lowest BCUT2D eigenvalue weighted by Crippen LogP contribution is -2.40. The van der Waals surface area contributed by atoms with Crippen LogP contribution in [0.15, 0.2) is 90.6 Å². The number of benzene rings is 2. The quantitative estimate of drug-likeness (QED) is 0.540. The number of nitrogens with zero attached hydrogens (tertiary/aromatic N) is 2. The molecule has 6 heteroatoms. The minimum atomic E-state index is -1.80. The molecule has 0 radical (unpaired) electrons. The van der Waals surface area contributed by atoms with Gasteiger partial charge in [-0.25, -0.2) is 4.79 Å². The number of rotatable bonds is 8. The van der Waals surface area contributed by atoms with E-state index in [9.17, 15) is 9.90 Å². The molecule has 2 aromatic carbocycles. The van der Waals surface area contributed by atoms with Gasteiger partial charge in [0.05, 0.1) is 17.6 Å². The van der Waals surface area contributed by atoms with Gasteiger partial charge in [0.15, 0.2) is 0 Å². The van der Waals surface area contributed by atoms with Crippen molar-refractivity contribution in [1.82, 2.24) is 9.80 Å². The number of esters is 1. The standard InChI is InChI=1S/C25H26N2O3S/c1-20-26(14-15-27(20)19-21-9-4-2-5-10-21)16-17-30-24(28)25(29,23-13-8-18-31-23)22-11-6-3-7-12-22/h2-15,18,20,29H,16-17,19H2,1H3. The molecule has 3 aromatic rings. The Morgan fingerprint density at radius 3 is 2.35 bits per heavy atom. The summed E-state index contributed by atoms with van der Waals surface area (Å²) in [5, 5.41) is 13.2. The van der Waals surface area contributed by atoms with Gasteiger partial charge in [-0.2, -0.15) is 0 Å². The number of aliphatic hydroxyl groups is 1. The lowest BCUT2D eigenvalue weighted by molar-refractivity contribution is -0.162. The minimum Gasteiger partial charge on any atom is -0.461 e. The first-order chi connectivity index (χ1) is 15.1. The zero-order valence-electron chi connectivity index (χ0n) is 17.4. The molecule has 0 fully saturated rings. The van der Waals surface area contributed by atoms with Crippen LogP contribution in [0.5, 0.6) is 0 Å². The molecule has 2 unspecified atom stereocenters. The number of hydrogen-bond donors (Lipinski definition) is 1. The zero-order chi connectivity index (χ0) is 21.7. The third-order valence-corrected chi connectivity index (χ3v) is 6.54. The van der Waals surface area contributed by atoms with Crippen molar-refractivity contribution < 1.29 is 14.6 Å². The number of hydrogen-bond acceptors (Lipinski definition) is 6. The van der Waals surface area contributed by atoms with Crippen LogP contribution in [0.25, 0.3) is 0 Å². The van der Waals surface area contributed by atoms with Crippen molar-refractivity contribution in [1.29, 1.82) is 0 Å². The molecule has 0 saturated heterocycles. The van der Waals surface area contributed by atoms with Crippen LogP contribution in [-0.4, -0.2) is 40.2 Å². The number of carbonyl (C=O) groups is 1. The summed E-state index contributed by atoms with van der Waals surface area (Å²) >= 11 is 1.33. The first kappa shape index (κ1) is 21.2. The van der Waals surface area contributed by atoms with Crippen molar-refractivity contribution >= 4 is 17.3 Å². The maximum Gasteiger partial charge on any atom is 0.348 e. The lowest BCUT2D eigenvalue weighted by atomic mass is 9.92. The molecular weight excluding hydrogens is 408 g/mol. The Labute approximate surface area is 186 Å².